The van der Waals surface area contributed by atoms with E-state index in [-0.39, 0.29) is 37.3 Å². The number of benzene rings is 2. The van der Waals surface area contributed by atoms with Crippen molar-refractivity contribution in [2.45, 2.75) is 55.9 Å². The molecule has 3 saturated heterocycles. The summed E-state index contributed by atoms with van der Waals surface area (Å²) in [4.78, 5) is 13.4. The number of hydrogen-bond acceptors (Lipinski definition) is 13. The van der Waals surface area contributed by atoms with Crippen LogP contribution in [0.2, 0.25) is 0 Å². The smallest absolute Gasteiger partial charge is 0.310 e. The number of hydrogen-bond donors (Lipinski definition) is 3. The van der Waals surface area contributed by atoms with Crippen molar-refractivity contribution in [3.8, 4) is 40.6 Å². The topological polar surface area (TPSA) is 161 Å². The number of carbonyl (C=O) groups is 1. The van der Waals surface area contributed by atoms with Gasteiger partial charge in [0.05, 0.1) is 39.5 Å². The van der Waals surface area contributed by atoms with E-state index in [0.29, 0.717) is 28.2 Å². The summed E-state index contributed by atoms with van der Waals surface area (Å²) >= 11 is 0. The Morgan fingerprint density at radius 2 is 1.61 bits per heavy atom. The van der Waals surface area contributed by atoms with Crippen LogP contribution in [-0.2, 0) is 28.5 Å². The van der Waals surface area contributed by atoms with Crippen molar-refractivity contribution in [2.75, 3.05) is 34.2 Å². The Bertz CT molecular complexity index is 1490. The first-order chi connectivity index (χ1) is 21.3. The number of phenols is 1. The van der Waals surface area contributed by atoms with Crippen molar-refractivity contribution in [3.05, 3.63) is 41.0 Å². The third-order valence-electron chi connectivity index (χ3n) is 8.86. The molecule has 1 aliphatic carbocycles. The van der Waals surface area contributed by atoms with E-state index in [1.165, 1.54) is 14.2 Å². The Morgan fingerprint density at radius 1 is 0.909 bits per heavy atom. The Balaban J connectivity index is 1.29. The zero-order chi connectivity index (χ0) is 30.7. The molecule has 13 nitrogen and oxygen atoms in total. The monoisotopic (exact) mass is 612 g/mol. The van der Waals surface area contributed by atoms with Gasteiger partial charge in [0.15, 0.2) is 29.3 Å². The highest BCUT2D eigenvalue weighted by Gasteiger charge is 2.56. The average molecular weight is 613 g/mol. The first kappa shape index (κ1) is 29.0. The van der Waals surface area contributed by atoms with Crippen molar-refractivity contribution >= 4 is 5.97 Å². The number of aliphatic hydroxyl groups excluding tert-OH is 2. The minimum atomic E-state index is -1.48. The molecule has 0 saturated carbocycles. The van der Waals surface area contributed by atoms with Crippen LogP contribution in [0.3, 0.4) is 0 Å². The van der Waals surface area contributed by atoms with E-state index in [2.05, 4.69) is 11.8 Å². The van der Waals surface area contributed by atoms with Crippen LogP contribution in [-0.4, -0.2) is 92.5 Å². The van der Waals surface area contributed by atoms with Crippen molar-refractivity contribution in [1.29, 1.82) is 0 Å². The number of methoxy groups -OCH3 is 2. The number of esters is 1. The van der Waals surface area contributed by atoms with E-state index < -0.39 is 66.8 Å². The summed E-state index contributed by atoms with van der Waals surface area (Å²) in [7, 11) is 2.85. The molecule has 4 heterocycles. The maximum atomic E-state index is 13.4. The highest BCUT2D eigenvalue weighted by molar-refractivity contribution is 5.79. The Labute approximate surface area is 252 Å². The molecule has 0 aromatic heterocycles. The normalized spacial score (nSPS) is 35.0. The van der Waals surface area contributed by atoms with E-state index >= 15 is 0 Å². The first-order valence-electron chi connectivity index (χ1n) is 14.2. The van der Waals surface area contributed by atoms with Crippen LogP contribution < -0.4 is 18.9 Å². The molecule has 2 aromatic rings. The van der Waals surface area contributed by atoms with Crippen LogP contribution in [0.4, 0.5) is 0 Å². The average Bonchev–Trinajstić information content (AvgIpc) is 3.65. The summed E-state index contributed by atoms with van der Waals surface area (Å²) in [5.41, 5.74) is 1.98. The third-order valence-corrected chi connectivity index (χ3v) is 8.86. The van der Waals surface area contributed by atoms with Gasteiger partial charge in [0.25, 0.3) is 0 Å². The summed E-state index contributed by atoms with van der Waals surface area (Å²) in [5.74, 6) is 4.34. The second-order valence-corrected chi connectivity index (χ2v) is 11.1. The van der Waals surface area contributed by atoms with E-state index in [9.17, 15) is 20.1 Å². The zero-order valence-electron chi connectivity index (χ0n) is 24.1. The summed E-state index contributed by atoms with van der Waals surface area (Å²) in [5, 5.41) is 32.7. The number of ether oxygens (including phenoxy) is 9. The van der Waals surface area contributed by atoms with Gasteiger partial charge in [-0.05, 0) is 53.8 Å². The van der Waals surface area contributed by atoms with Crippen molar-refractivity contribution in [3.63, 3.8) is 0 Å². The van der Waals surface area contributed by atoms with Gasteiger partial charge < -0.3 is 58.0 Å². The van der Waals surface area contributed by atoms with Gasteiger partial charge in [-0.25, -0.2) is 0 Å². The lowest BCUT2D eigenvalue weighted by Crippen LogP contribution is -2.63. The molecule has 6 unspecified atom stereocenters. The fourth-order valence-electron chi connectivity index (χ4n) is 6.80. The predicted octanol–water partition coefficient (Wildman–Crippen LogP) is 1.34. The molecular weight excluding hydrogens is 580 g/mol. The lowest BCUT2D eigenvalue weighted by Gasteiger charge is -2.47. The minimum Gasteiger partial charge on any atom is -0.502 e. The van der Waals surface area contributed by atoms with E-state index in [1.807, 2.05) is 0 Å². The second kappa shape index (κ2) is 11.3. The quantitative estimate of drug-likeness (QED) is 0.328. The molecular formula is C31H32O13. The Morgan fingerprint density at radius 3 is 2.30 bits per heavy atom. The maximum absolute atomic E-state index is 13.4. The van der Waals surface area contributed by atoms with Gasteiger partial charge in [0, 0.05) is 11.8 Å². The minimum absolute atomic E-state index is 0.0211. The number of phenolic OH excluding ortho intramolecular Hbond substituents is 1. The highest BCUT2D eigenvalue weighted by atomic mass is 16.8. The molecule has 13 heteroatoms. The lowest BCUT2D eigenvalue weighted by molar-refractivity contribution is -0.359. The predicted molar refractivity (Wildman–Crippen MR) is 146 cm³/mol. The summed E-state index contributed by atoms with van der Waals surface area (Å²) in [6.07, 6.45) is -7.43. The number of aromatic hydroxyl groups is 1. The van der Waals surface area contributed by atoms with Crippen LogP contribution in [0, 0.1) is 23.7 Å². The van der Waals surface area contributed by atoms with Crippen molar-refractivity contribution in [1.82, 2.24) is 0 Å². The van der Waals surface area contributed by atoms with Crippen molar-refractivity contribution < 1.29 is 62.7 Å². The fraction of sp³-hybridized carbons (Fsp3) is 0.516. The fourth-order valence-corrected chi connectivity index (χ4v) is 6.80. The standard InChI is InChI=1S/C31H32O13/c1-4-5-22-38-11-21-29(43-22)26(33)27(34)31(42-21)44-28-15-9-18-17(40-12-41-18)8-14(15)23(24-16(28)10-39-30(24)35)13-6-19(36-2)25(32)20(7-13)37-3/h6-9,16,21-24,26-29,31-34H,10-12H2,1-3H3/t16-,21?,22?,23+,24-,26?,27?,28+,29?,31?/m0/s1. The first-order valence-corrected chi connectivity index (χ1v) is 14.2. The van der Waals surface area contributed by atoms with Crippen LogP contribution in [0.15, 0.2) is 24.3 Å². The van der Waals surface area contributed by atoms with Gasteiger partial charge in [-0.1, -0.05) is 0 Å². The van der Waals surface area contributed by atoms with Crippen LogP contribution in [0.1, 0.15) is 35.6 Å². The molecule has 0 radical (unpaired) electrons. The number of fused-ring (bicyclic) bond motifs is 4. The molecule has 5 aliphatic rings. The van der Waals surface area contributed by atoms with E-state index in [4.69, 9.17) is 42.6 Å². The van der Waals surface area contributed by atoms with E-state index in [1.54, 1.807) is 31.2 Å². The highest BCUT2D eigenvalue weighted by Crippen LogP contribution is 2.57. The number of carbonyl (C=O) groups excluding carboxylic acids is 1. The SMILES string of the molecule is CC#CC1OCC2OC(O[C@@H]3c4cc5c(cc4[C@@H](c4cc(OC)c(O)c(OC)c4)[C@H]4C(=O)OC[C@@H]43)OCO5)C(O)C(O)C2O1. The molecule has 3 N–H and O–H groups in total. The molecule has 0 bridgehead atoms. The zero-order valence-corrected chi connectivity index (χ0v) is 24.1. The summed E-state index contributed by atoms with van der Waals surface area (Å²) in [6, 6.07) is 6.90. The van der Waals surface area contributed by atoms with Crippen LogP contribution >= 0.6 is 0 Å². The number of rotatable bonds is 5. The molecule has 10 atom stereocenters. The molecule has 0 amide bonds. The summed E-state index contributed by atoms with van der Waals surface area (Å²) < 4.78 is 51.7. The largest absolute Gasteiger partial charge is 0.502 e. The molecule has 2 aromatic carbocycles. The Hall–Kier alpha value is -3.77. The molecule has 3 fully saturated rings. The van der Waals surface area contributed by atoms with Crippen LogP contribution in [0.5, 0.6) is 28.7 Å². The van der Waals surface area contributed by atoms with Gasteiger partial charge in [0.1, 0.15) is 24.4 Å². The van der Waals surface area contributed by atoms with Gasteiger partial charge in [-0.2, -0.15) is 0 Å². The van der Waals surface area contributed by atoms with Crippen LogP contribution in [0.25, 0.3) is 0 Å². The molecule has 234 valence electrons. The van der Waals surface area contributed by atoms with Gasteiger partial charge >= 0.3 is 5.97 Å². The molecule has 7 rings (SSSR count). The number of aliphatic hydroxyl groups is 2. The maximum Gasteiger partial charge on any atom is 0.310 e. The van der Waals surface area contributed by atoms with Crippen molar-refractivity contribution in [2.24, 2.45) is 11.8 Å². The van der Waals surface area contributed by atoms with E-state index in [0.717, 1.165) is 0 Å². The van der Waals surface area contributed by atoms with Gasteiger partial charge in [-0.3, -0.25) is 4.79 Å². The Kier molecular flexibility index (Phi) is 7.44. The second-order valence-electron chi connectivity index (χ2n) is 11.1. The van der Waals surface area contributed by atoms with Gasteiger partial charge in [-0.15, -0.1) is 5.92 Å². The molecule has 4 aliphatic heterocycles. The molecule has 44 heavy (non-hydrogen) atoms. The molecule has 0 spiro atoms. The lowest BCUT2D eigenvalue weighted by atomic mass is 9.66. The summed E-state index contributed by atoms with van der Waals surface area (Å²) in [6.45, 7) is 1.76. The third kappa shape index (κ3) is 4.61. The number of cyclic esters (lactones) is 1. The van der Waals surface area contributed by atoms with Gasteiger partial charge in [0.2, 0.25) is 18.8 Å².